The van der Waals surface area contributed by atoms with Crippen molar-refractivity contribution in [3.05, 3.63) is 42.0 Å². The van der Waals surface area contributed by atoms with E-state index in [0.717, 1.165) is 0 Å². The van der Waals surface area contributed by atoms with Gasteiger partial charge in [-0.3, -0.25) is 24.6 Å². The van der Waals surface area contributed by atoms with Crippen molar-refractivity contribution >= 4 is 29.5 Å². The van der Waals surface area contributed by atoms with Gasteiger partial charge in [0.2, 0.25) is 0 Å². The average molecular weight is 345 g/mol. The summed E-state index contributed by atoms with van der Waals surface area (Å²) >= 11 is 0. The number of imide groups is 1. The van der Waals surface area contributed by atoms with Gasteiger partial charge in [0, 0.05) is 23.4 Å². The third-order valence-corrected chi connectivity index (χ3v) is 3.58. The smallest absolute Gasteiger partial charge is 0.326 e. The maximum absolute atomic E-state index is 12.3. The lowest BCUT2D eigenvalue weighted by molar-refractivity contribution is -0.154. The standard InChI is InChI=1S/C17H19N3O5/c1-4-18-17(24)19-15(22)11(3)25-14(21)9-20-10(2)12-7-5-6-8-13(12)16(20)23/h5-8,11H,2,4,9H2,1,3H3,(H2,18,19,22,24)/t11-/m1/s1. The summed E-state index contributed by atoms with van der Waals surface area (Å²) in [4.78, 5) is 48.6. The number of carbonyl (C=O) groups is 4. The number of amides is 4. The van der Waals surface area contributed by atoms with E-state index in [1.165, 1.54) is 11.8 Å². The largest absolute Gasteiger partial charge is 0.451 e. The van der Waals surface area contributed by atoms with Gasteiger partial charge in [-0.2, -0.15) is 0 Å². The van der Waals surface area contributed by atoms with Crippen LogP contribution in [0.4, 0.5) is 4.79 Å². The highest BCUT2D eigenvalue weighted by molar-refractivity contribution is 6.10. The first-order valence-electron chi connectivity index (χ1n) is 7.73. The third kappa shape index (κ3) is 4.03. The molecule has 4 amide bonds. The Morgan fingerprint density at radius 2 is 1.88 bits per heavy atom. The van der Waals surface area contributed by atoms with Crippen molar-refractivity contribution in [3.8, 4) is 0 Å². The molecule has 1 aromatic rings. The van der Waals surface area contributed by atoms with Crippen molar-refractivity contribution in [2.75, 3.05) is 13.1 Å². The van der Waals surface area contributed by atoms with Crippen LogP contribution in [0, 0.1) is 0 Å². The van der Waals surface area contributed by atoms with E-state index in [1.807, 2.05) is 5.32 Å². The number of nitrogens with one attached hydrogen (secondary N) is 2. The molecule has 1 atom stereocenters. The normalized spacial score (nSPS) is 13.9. The van der Waals surface area contributed by atoms with Crippen LogP contribution in [0.15, 0.2) is 30.8 Å². The van der Waals surface area contributed by atoms with E-state index in [0.29, 0.717) is 23.4 Å². The summed E-state index contributed by atoms with van der Waals surface area (Å²) in [5.74, 6) is -1.88. The Morgan fingerprint density at radius 1 is 1.24 bits per heavy atom. The van der Waals surface area contributed by atoms with Crippen LogP contribution in [0.25, 0.3) is 5.70 Å². The zero-order chi connectivity index (χ0) is 18.6. The molecule has 0 aliphatic carbocycles. The first-order valence-corrected chi connectivity index (χ1v) is 7.73. The summed E-state index contributed by atoms with van der Waals surface area (Å²) in [7, 11) is 0. The fraction of sp³-hybridized carbons (Fsp3) is 0.294. The van der Waals surface area contributed by atoms with Crippen LogP contribution in [0.3, 0.4) is 0 Å². The molecule has 0 spiro atoms. The topological polar surface area (TPSA) is 105 Å². The Labute approximate surface area is 144 Å². The number of nitrogens with zero attached hydrogens (tertiary/aromatic N) is 1. The van der Waals surface area contributed by atoms with Gasteiger partial charge in [-0.05, 0) is 19.9 Å². The van der Waals surface area contributed by atoms with Gasteiger partial charge < -0.3 is 10.1 Å². The number of urea groups is 1. The van der Waals surface area contributed by atoms with E-state index < -0.39 is 24.0 Å². The lowest BCUT2D eigenvalue weighted by atomic mass is 10.1. The highest BCUT2D eigenvalue weighted by atomic mass is 16.5. The van der Waals surface area contributed by atoms with Crippen LogP contribution in [0.5, 0.6) is 0 Å². The van der Waals surface area contributed by atoms with Crippen molar-refractivity contribution in [2.24, 2.45) is 0 Å². The summed E-state index contributed by atoms with van der Waals surface area (Å²) in [6, 6.07) is 6.21. The maximum atomic E-state index is 12.3. The summed E-state index contributed by atoms with van der Waals surface area (Å²) in [5, 5.41) is 4.44. The van der Waals surface area contributed by atoms with E-state index in [-0.39, 0.29) is 12.5 Å². The summed E-state index contributed by atoms with van der Waals surface area (Å²) in [5.41, 5.74) is 1.52. The highest BCUT2D eigenvalue weighted by Gasteiger charge is 2.33. The zero-order valence-corrected chi connectivity index (χ0v) is 14.0. The fourth-order valence-corrected chi connectivity index (χ4v) is 2.34. The van der Waals surface area contributed by atoms with E-state index in [9.17, 15) is 19.2 Å². The molecule has 0 saturated heterocycles. The molecule has 1 heterocycles. The molecule has 25 heavy (non-hydrogen) atoms. The molecule has 1 aliphatic heterocycles. The summed E-state index contributed by atoms with van der Waals surface area (Å²) in [6.45, 7) is 6.84. The van der Waals surface area contributed by atoms with Gasteiger partial charge >= 0.3 is 12.0 Å². The predicted molar refractivity (Wildman–Crippen MR) is 89.3 cm³/mol. The van der Waals surface area contributed by atoms with Crippen molar-refractivity contribution in [2.45, 2.75) is 20.0 Å². The predicted octanol–water partition coefficient (Wildman–Crippen LogP) is 0.891. The monoisotopic (exact) mass is 345 g/mol. The molecule has 8 nitrogen and oxygen atoms in total. The Balaban J connectivity index is 1.93. The Bertz CT molecular complexity index is 709. The second kappa shape index (κ2) is 7.61. The second-order valence-electron chi connectivity index (χ2n) is 5.36. The van der Waals surface area contributed by atoms with Crippen LogP contribution >= 0.6 is 0 Å². The van der Waals surface area contributed by atoms with Crippen LogP contribution < -0.4 is 10.6 Å². The molecule has 0 unspecified atom stereocenters. The zero-order valence-electron chi connectivity index (χ0n) is 14.0. The molecule has 132 valence electrons. The van der Waals surface area contributed by atoms with Crippen LogP contribution in [0.2, 0.25) is 0 Å². The third-order valence-electron chi connectivity index (χ3n) is 3.58. The Morgan fingerprint density at radius 3 is 2.48 bits per heavy atom. The molecule has 8 heteroatoms. The van der Waals surface area contributed by atoms with E-state index >= 15 is 0 Å². The molecule has 0 fully saturated rings. The SMILES string of the molecule is C=C1c2ccccc2C(=O)N1CC(=O)O[C@H](C)C(=O)NC(=O)NCC. The number of hydrogen-bond donors (Lipinski definition) is 2. The number of ether oxygens (including phenoxy) is 1. The number of benzene rings is 1. The van der Waals surface area contributed by atoms with Gasteiger partial charge in [0.25, 0.3) is 11.8 Å². The van der Waals surface area contributed by atoms with Crippen LogP contribution in [-0.2, 0) is 14.3 Å². The average Bonchev–Trinajstić information content (AvgIpc) is 2.80. The van der Waals surface area contributed by atoms with Gasteiger partial charge in [-0.25, -0.2) is 4.79 Å². The number of esters is 1. The molecule has 0 bridgehead atoms. The van der Waals surface area contributed by atoms with Crippen molar-refractivity contribution < 1.29 is 23.9 Å². The van der Waals surface area contributed by atoms with E-state index in [4.69, 9.17) is 4.74 Å². The van der Waals surface area contributed by atoms with Gasteiger partial charge in [-0.15, -0.1) is 0 Å². The Kier molecular flexibility index (Phi) is 5.53. The fourth-order valence-electron chi connectivity index (χ4n) is 2.34. The van der Waals surface area contributed by atoms with E-state index in [1.54, 1.807) is 31.2 Å². The van der Waals surface area contributed by atoms with E-state index in [2.05, 4.69) is 11.9 Å². The van der Waals surface area contributed by atoms with Gasteiger partial charge in [0.05, 0.1) is 0 Å². The first kappa shape index (κ1) is 18.2. The van der Waals surface area contributed by atoms with Crippen LogP contribution in [-0.4, -0.2) is 47.9 Å². The van der Waals surface area contributed by atoms with Crippen molar-refractivity contribution in [1.29, 1.82) is 0 Å². The number of rotatable bonds is 5. The lowest BCUT2D eigenvalue weighted by Gasteiger charge is -2.18. The first-order chi connectivity index (χ1) is 11.8. The molecule has 0 saturated carbocycles. The molecule has 2 N–H and O–H groups in total. The number of hydrogen-bond acceptors (Lipinski definition) is 5. The Hall–Kier alpha value is -3.16. The second-order valence-corrected chi connectivity index (χ2v) is 5.36. The number of carbonyl (C=O) groups excluding carboxylic acids is 4. The molecule has 0 radical (unpaired) electrons. The maximum Gasteiger partial charge on any atom is 0.326 e. The van der Waals surface area contributed by atoms with Gasteiger partial charge in [0.1, 0.15) is 6.54 Å². The highest BCUT2D eigenvalue weighted by Crippen LogP contribution is 2.30. The minimum absolute atomic E-state index is 0.350. The quantitative estimate of drug-likeness (QED) is 0.771. The molecular weight excluding hydrogens is 326 g/mol. The van der Waals surface area contributed by atoms with Gasteiger partial charge in [0.15, 0.2) is 6.10 Å². The molecule has 2 rings (SSSR count). The van der Waals surface area contributed by atoms with Crippen molar-refractivity contribution in [1.82, 2.24) is 15.5 Å². The molecule has 1 aromatic carbocycles. The lowest BCUT2D eigenvalue weighted by Crippen LogP contribution is -2.45. The molecule has 0 aromatic heterocycles. The number of fused-ring (bicyclic) bond motifs is 1. The summed E-state index contributed by atoms with van der Waals surface area (Å²) < 4.78 is 4.98. The van der Waals surface area contributed by atoms with Gasteiger partial charge in [-0.1, -0.05) is 24.8 Å². The minimum Gasteiger partial charge on any atom is -0.451 e. The van der Waals surface area contributed by atoms with Crippen molar-refractivity contribution in [3.63, 3.8) is 0 Å². The summed E-state index contributed by atoms with van der Waals surface area (Å²) in [6.07, 6.45) is -1.18. The molecular formula is C17H19N3O5. The van der Waals surface area contributed by atoms with Crippen LogP contribution in [0.1, 0.15) is 29.8 Å². The minimum atomic E-state index is -1.18. The molecule has 1 aliphatic rings.